The number of amides is 2. The van der Waals surface area contributed by atoms with Crippen molar-refractivity contribution in [3.05, 3.63) is 11.1 Å². The van der Waals surface area contributed by atoms with Gasteiger partial charge in [-0.2, -0.15) is 0 Å². The highest BCUT2D eigenvalue weighted by molar-refractivity contribution is 8.02. The Labute approximate surface area is 138 Å². The summed E-state index contributed by atoms with van der Waals surface area (Å²) in [5, 5.41) is 7.29. The minimum atomic E-state index is -0.645. The van der Waals surface area contributed by atoms with Gasteiger partial charge >= 0.3 is 5.97 Å². The zero-order valence-electron chi connectivity index (χ0n) is 13.4. The van der Waals surface area contributed by atoms with Gasteiger partial charge in [0.1, 0.15) is 30.0 Å². The number of hydrogen-bond donors (Lipinski definition) is 1. The molecule has 23 heavy (non-hydrogen) atoms. The van der Waals surface area contributed by atoms with Gasteiger partial charge in [-0.05, 0) is 20.8 Å². The number of carbonyl (C=O) groups is 3. The van der Waals surface area contributed by atoms with Crippen molar-refractivity contribution in [1.82, 2.24) is 10.2 Å². The largest absolute Gasteiger partial charge is 0.455 e. The predicted molar refractivity (Wildman–Crippen MR) is 84.2 cm³/mol. The molecule has 1 fully saturated rings. The Morgan fingerprint density at radius 2 is 2.17 bits per heavy atom. The lowest BCUT2D eigenvalue weighted by Crippen LogP contribution is -2.63. The summed E-state index contributed by atoms with van der Waals surface area (Å²) in [5.74, 6) is -1.15. The lowest BCUT2D eigenvalue weighted by molar-refractivity contribution is -0.159. The molecule has 0 aromatic heterocycles. The summed E-state index contributed by atoms with van der Waals surface area (Å²) < 4.78 is 5.31. The molecule has 126 valence electrons. The van der Waals surface area contributed by atoms with E-state index in [1.165, 1.54) is 23.8 Å². The highest BCUT2D eigenvalue weighted by atomic mass is 32.2. The van der Waals surface area contributed by atoms with Crippen LogP contribution in [0.4, 0.5) is 0 Å². The maximum absolute atomic E-state index is 12.2. The van der Waals surface area contributed by atoms with Gasteiger partial charge < -0.3 is 14.9 Å². The summed E-state index contributed by atoms with van der Waals surface area (Å²) >= 11 is 1.26. The van der Waals surface area contributed by atoms with Gasteiger partial charge in [0.05, 0.1) is 12.5 Å². The molecule has 1 N–H and O–H groups in total. The van der Waals surface area contributed by atoms with Crippen molar-refractivity contribution in [2.45, 2.75) is 44.2 Å². The Hall–Kier alpha value is -2.03. The van der Waals surface area contributed by atoms with Crippen LogP contribution in [0.5, 0.6) is 0 Å². The summed E-state index contributed by atoms with van der Waals surface area (Å²) in [6, 6.07) is -0.278. The Morgan fingerprint density at radius 1 is 1.48 bits per heavy atom. The first kappa shape index (κ1) is 17.3. The van der Waals surface area contributed by atoms with Crippen molar-refractivity contribution in [3.8, 4) is 0 Å². The molecule has 0 saturated carbocycles. The normalized spacial score (nSPS) is 23.7. The summed E-state index contributed by atoms with van der Waals surface area (Å²) in [6.07, 6.45) is 1.28. The van der Waals surface area contributed by atoms with Crippen molar-refractivity contribution < 1.29 is 24.0 Å². The number of nitrogens with zero attached hydrogens (tertiary/aromatic N) is 2. The third kappa shape index (κ3) is 4.04. The molecule has 2 unspecified atom stereocenters. The number of thioether (sulfide) groups is 1. The number of β-lactam (4-membered cyclic amide) rings is 1. The second-order valence-electron chi connectivity index (χ2n) is 6.02. The Balaban J connectivity index is 2.08. The van der Waals surface area contributed by atoms with Crippen molar-refractivity contribution in [3.63, 3.8) is 0 Å². The van der Waals surface area contributed by atoms with E-state index in [-0.39, 0.29) is 29.4 Å². The monoisotopic (exact) mass is 341 g/mol. The van der Waals surface area contributed by atoms with E-state index in [1.54, 1.807) is 26.2 Å². The average molecular weight is 341 g/mol. The average Bonchev–Trinajstić information content (AvgIpc) is 2.43. The number of ether oxygens (including phenoxy) is 1. The second kappa shape index (κ2) is 6.61. The molecule has 2 heterocycles. The molecule has 0 spiro atoms. The molecule has 2 aliphatic rings. The first-order chi connectivity index (χ1) is 10.7. The molecule has 0 aromatic carbocycles. The molecule has 0 radical (unpaired) electrons. The second-order valence-corrected chi connectivity index (χ2v) is 7.04. The molecule has 0 aromatic rings. The van der Waals surface area contributed by atoms with E-state index in [0.717, 1.165) is 6.21 Å². The smallest absolute Gasteiger partial charge is 0.356 e. The summed E-state index contributed by atoms with van der Waals surface area (Å²) in [4.78, 5) is 41.5. The van der Waals surface area contributed by atoms with E-state index in [1.807, 2.05) is 0 Å². The fourth-order valence-corrected chi connectivity index (χ4v) is 3.24. The van der Waals surface area contributed by atoms with Crippen molar-refractivity contribution in [2.24, 2.45) is 5.16 Å². The van der Waals surface area contributed by atoms with Crippen LogP contribution in [0.25, 0.3) is 0 Å². The zero-order valence-corrected chi connectivity index (χ0v) is 14.2. The van der Waals surface area contributed by atoms with Crippen molar-refractivity contribution in [2.75, 3.05) is 7.11 Å². The number of nitrogens with one attached hydrogen (secondary N) is 1. The standard InChI is InChI=1S/C14H19N3O5S/c1-14(2,3)22-13(20)9-7-23-12(8-5-11(19)17(8)9)16-10(18)6-15-21-4/h6-8,12H,5H2,1-4H3,(H,16,18). The summed E-state index contributed by atoms with van der Waals surface area (Å²) in [6.45, 7) is 5.28. The van der Waals surface area contributed by atoms with Crippen molar-refractivity contribution in [1.29, 1.82) is 0 Å². The molecular weight excluding hydrogens is 322 g/mol. The number of hydrogen-bond acceptors (Lipinski definition) is 7. The van der Waals surface area contributed by atoms with Gasteiger partial charge in [-0.1, -0.05) is 5.16 Å². The summed E-state index contributed by atoms with van der Waals surface area (Å²) in [5.41, 5.74) is -0.435. The zero-order chi connectivity index (χ0) is 17.2. The van der Waals surface area contributed by atoms with Crippen LogP contribution in [-0.2, 0) is 24.0 Å². The summed E-state index contributed by atoms with van der Waals surface area (Å²) in [7, 11) is 1.33. The number of fused-ring (bicyclic) bond motifs is 1. The Morgan fingerprint density at radius 3 is 2.74 bits per heavy atom. The van der Waals surface area contributed by atoms with Gasteiger partial charge in [-0.3, -0.25) is 14.5 Å². The van der Waals surface area contributed by atoms with Gasteiger partial charge in [0.25, 0.3) is 5.91 Å². The maximum Gasteiger partial charge on any atom is 0.356 e. The van der Waals surface area contributed by atoms with Crippen LogP contribution in [0, 0.1) is 0 Å². The van der Waals surface area contributed by atoms with Crippen LogP contribution in [0.3, 0.4) is 0 Å². The van der Waals surface area contributed by atoms with Gasteiger partial charge in [0.2, 0.25) is 5.91 Å². The van der Waals surface area contributed by atoms with Crippen LogP contribution < -0.4 is 5.32 Å². The lowest BCUT2D eigenvalue weighted by atomic mass is 10.00. The van der Waals surface area contributed by atoms with Crippen LogP contribution >= 0.6 is 11.8 Å². The molecule has 2 amide bonds. The third-order valence-electron chi connectivity index (χ3n) is 3.09. The lowest BCUT2D eigenvalue weighted by Gasteiger charge is -2.47. The molecule has 2 atom stereocenters. The predicted octanol–water partition coefficient (Wildman–Crippen LogP) is 0.592. The molecule has 2 rings (SSSR count). The van der Waals surface area contributed by atoms with E-state index in [2.05, 4.69) is 15.3 Å². The number of oxime groups is 1. The maximum atomic E-state index is 12.2. The number of esters is 1. The third-order valence-corrected chi connectivity index (χ3v) is 4.17. The van der Waals surface area contributed by atoms with E-state index >= 15 is 0 Å². The topological polar surface area (TPSA) is 97.3 Å². The Kier molecular flexibility index (Phi) is 4.98. The van der Waals surface area contributed by atoms with E-state index in [0.29, 0.717) is 0 Å². The molecule has 9 heteroatoms. The minimum Gasteiger partial charge on any atom is -0.455 e. The Bertz CT molecular complexity index is 581. The molecule has 0 bridgehead atoms. The van der Waals surface area contributed by atoms with Crippen LogP contribution in [0.15, 0.2) is 16.3 Å². The highest BCUT2D eigenvalue weighted by Gasteiger charge is 2.48. The fourth-order valence-electron chi connectivity index (χ4n) is 2.17. The van der Waals surface area contributed by atoms with E-state index in [4.69, 9.17) is 4.74 Å². The van der Waals surface area contributed by atoms with Gasteiger partial charge in [0.15, 0.2) is 0 Å². The number of rotatable bonds is 4. The van der Waals surface area contributed by atoms with E-state index in [9.17, 15) is 14.4 Å². The number of carbonyl (C=O) groups excluding carboxylic acids is 3. The van der Waals surface area contributed by atoms with Crippen LogP contribution in [-0.4, -0.2) is 53.0 Å². The van der Waals surface area contributed by atoms with Gasteiger partial charge in [-0.15, -0.1) is 11.8 Å². The highest BCUT2D eigenvalue weighted by Crippen LogP contribution is 2.38. The van der Waals surface area contributed by atoms with Crippen LogP contribution in [0.2, 0.25) is 0 Å². The minimum absolute atomic E-state index is 0.169. The first-order valence-electron chi connectivity index (χ1n) is 7.01. The molecule has 8 nitrogen and oxygen atoms in total. The molecule has 0 aliphatic carbocycles. The van der Waals surface area contributed by atoms with Gasteiger partial charge in [0, 0.05) is 5.41 Å². The first-order valence-corrected chi connectivity index (χ1v) is 7.95. The SMILES string of the molecule is CON=CC(=O)NC1SC=C(C(=O)OC(C)(C)C)N2C(=O)CC12. The van der Waals surface area contributed by atoms with Crippen LogP contribution in [0.1, 0.15) is 27.2 Å². The fraction of sp³-hybridized carbons (Fsp3) is 0.571. The van der Waals surface area contributed by atoms with Gasteiger partial charge in [-0.25, -0.2) is 4.79 Å². The van der Waals surface area contributed by atoms with Crippen molar-refractivity contribution >= 4 is 35.8 Å². The molecule has 2 aliphatic heterocycles. The molecule has 1 saturated heterocycles. The van der Waals surface area contributed by atoms with E-state index < -0.39 is 17.5 Å². The quantitative estimate of drug-likeness (QED) is 0.348. The molecular formula is C14H19N3O5S.